The highest BCUT2D eigenvalue weighted by atomic mass is 16.6. The molecule has 1 fully saturated rings. The zero-order chi connectivity index (χ0) is 9.57. The van der Waals surface area contributed by atoms with Crippen molar-refractivity contribution >= 4 is 0 Å². The smallest absolute Gasteiger partial charge is 0.165 e. The lowest BCUT2D eigenvalue weighted by atomic mass is 9.94. The molecule has 0 atom stereocenters. The molecule has 0 saturated heterocycles. The summed E-state index contributed by atoms with van der Waals surface area (Å²) < 4.78 is 10.5. The summed E-state index contributed by atoms with van der Waals surface area (Å²) in [5, 5.41) is 9.89. The van der Waals surface area contributed by atoms with Gasteiger partial charge in [0, 0.05) is 19.4 Å². The first kappa shape index (κ1) is 11.0. The molecule has 1 aliphatic carbocycles. The maximum atomic E-state index is 9.89. The Kier molecular flexibility index (Phi) is 4.70. The number of hydrogen-bond donors (Lipinski definition) is 1. The van der Waals surface area contributed by atoms with Crippen molar-refractivity contribution in [2.24, 2.45) is 0 Å². The summed E-state index contributed by atoms with van der Waals surface area (Å²) in [5.41, 5.74) is 0. The standard InChI is InChI=1S/C10H20O3/c1-2-12-8-9-13-10(11)6-4-3-5-7-10/h11H,2-9H2,1H3. The second-order valence-corrected chi connectivity index (χ2v) is 3.55. The predicted molar refractivity (Wildman–Crippen MR) is 50.5 cm³/mol. The SMILES string of the molecule is CCOCCOC1(O)CCCCC1. The van der Waals surface area contributed by atoms with Crippen LogP contribution in [0.3, 0.4) is 0 Å². The molecule has 0 amide bonds. The quantitative estimate of drug-likeness (QED) is 0.527. The molecule has 0 aromatic heterocycles. The molecule has 0 bridgehead atoms. The van der Waals surface area contributed by atoms with Crippen LogP contribution in [0.25, 0.3) is 0 Å². The largest absolute Gasteiger partial charge is 0.379 e. The second-order valence-electron chi connectivity index (χ2n) is 3.55. The van der Waals surface area contributed by atoms with Crippen molar-refractivity contribution in [3.63, 3.8) is 0 Å². The average Bonchev–Trinajstić information content (AvgIpc) is 2.14. The average molecular weight is 188 g/mol. The summed E-state index contributed by atoms with van der Waals surface area (Å²) in [7, 11) is 0. The van der Waals surface area contributed by atoms with Gasteiger partial charge in [-0.15, -0.1) is 0 Å². The Bertz CT molecular complexity index is 130. The van der Waals surface area contributed by atoms with Gasteiger partial charge in [-0.25, -0.2) is 0 Å². The summed E-state index contributed by atoms with van der Waals surface area (Å²) in [5.74, 6) is -0.852. The zero-order valence-corrected chi connectivity index (χ0v) is 8.42. The van der Waals surface area contributed by atoms with Crippen molar-refractivity contribution in [3.05, 3.63) is 0 Å². The highest BCUT2D eigenvalue weighted by Gasteiger charge is 2.29. The number of ether oxygens (including phenoxy) is 2. The lowest BCUT2D eigenvalue weighted by molar-refractivity contribution is -0.225. The van der Waals surface area contributed by atoms with Gasteiger partial charge in [-0.2, -0.15) is 0 Å². The van der Waals surface area contributed by atoms with Gasteiger partial charge in [0.25, 0.3) is 0 Å². The fourth-order valence-electron chi connectivity index (χ4n) is 1.68. The molecule has 0 radical (unpaired) electrons. The van der Waals surface area contributed by atoms with E-state index in [0.717, 1.165) is 25.7 Å². The fraction of sp³-hybridized carbons (Fsp3) is 1.00. The van der Waals surface area contributed by atoms with Crippen LogP contribution in [0.4, 0.5) is 0 Å². The van der Waals surface area contributed by atoms with Crippen LogP contribution in [0.15, 0.2) is 0 Å². The van der Waals surface area contributed by atoms with E-state index in [2.05, 4.69) is 0 Å². The summed E-state index contributed by atoms with van der Waals surface area (Å²) in [6, 6.07) is 0. The number of hydrogen-bond acceptors (Lipinski definition) is 3. The molecule has 0 heterocycles. The molecular formula is C10H20O3. The van der Waals surface area contributed by atoms with Gasteiger partial charge in [-0.1, -0.05) is 6.42 Å². The molecule has 1 rings (SSSR count). The van der Waals surface area contributed by atoms with E-state index in [1.165, 1.54) is 6.42 Å². The van der Waals surface area contributed by atoms with E-state index in [1.54, 1.807) is 0 Å². The third-order valence-electron chi connectivity index (χ3n) is 2.44. The molecule has 0 aromatic rings. The van der Waals surface area contributed by atoms with Gasteiger partial charge < -0.3 is 14.6 Å². The molecule has 0 unspecified atom stereocenters. The molecule has 1 N–H and O–H groups in total. The Morgan fingerprint density at radius 3 is 2.46 bits per heavy atom. The van der Waals surface area contributed by atoms with E-state index in [4.69, 9.17) is 9.47 Å². The predicted octanol–water partition coefficient (Wildman–Crippen LogP) is 1.69. The van der Waals surface area contributed by atoms with Gasteiger partial charge in [0.1, 0.15) is 0 Å². The molecule has 1 saturated carbocycles. The topological polar surface area (TPSA) is 38.7 Å². The van der Waals surface area contributed by atoms with Crippen LogP contribution < -0.4 is 0 Å². The third-order valence-corrected chi connectivity index (χ3v) is 2.44. The molecular weight excluding hydrogens is 168 g/mol. The van der Waals surface area contributed by atoms with Gasteiger partial charge in [-0.3, -0.25) is 0 Å². The van der Waals surface area contributed by atoms with Crippen LogP contribution in [0.1, 0.15) is 39.0 Å². The molecule has 13 heavy (non-hydrogen) atoms. The van der Waals surface area contributed by atoms with Crippen LogP contribution >= 0.6 is 0 Å². The maximum Gasteiger partial charge on any atom is 0.165 e. The first-order valence-corrected chi connectivity index (χ1v) is 5.21. The van der Waals surface area contributed by atoms with Crippen LogP contribution in [0.5, 0.6) is 0 Å². The van der Waals surface area contributed by atoms with Crippen LogP contribution in [-0.2, 0) is 9.47 Å². The Morgan fingerprint density at radius 1 is 1.15 bits per heavy atom. The van der Waals surface area contributed by atoms with E-state index in [1.807, 2.05) is 6.92 Å². The normalized spacial score (nSPS) is 21.7. The van der Waals surface area contributed by atoms with E-state index in [-0.39, 0.29) is 0 Å². The van der Waals surface area contributed by atoms with Crippen LogP contribution in [0, 0.1) is 0 Å². The minimum atomic E-state index is -0.852. The van der Waals surface area contributed by atoms with E-state index in [9.17, 15) is 5.11 Å². The van der Waals surface area contributed by atoms with E-state index < -0.39 is 5.79 Å². The highest BCUT2D eigenvalue weighted by Crippen LogP contribution is 2.28. The van der Waals surface area contributed by atoms with Crippen molar-refractivity contribution in [2.45, 2.75) is 44.8 Å². The maximum absolute atomic E-state index is 9.89. The Labute approximate surface area is 80.0 Å². The molecule has 3 heteroatoms. The van der Waals surface area contributed by atoms with Gasteiger partial charge >= 0.3 is 0 Å². The fourth-order valence-corrected chi connectivity index (χ4v) is 1.68. The van der Waals surface area contributed by atoms with Crippen molar-refractivity contribution in [3.8, 4) is 0 Å². The Morgan fingerprint density at radius 2 is 1.85 bits per heavy atom. The van der Waals surface area contributed by atoms with E-state index in [0.29, 0.717) is 19.8 Å². The first-order chi connectivity index (χ1) is 6.27. The first-order valence-electron chi connectivity index (χ1n) is 5.21. The minimum absolute atomic E-state index is 0.504. The molecule has 3 nitrogen and oxygen atoms in total. The zero-order valence-electron chi connectivity index (χ0n) is 8.42. The second kappa shape index (κ2) is 5.58. The van der Waals surface area contributed by atoms with Gasteiger partial charge in [-0.05, 0) is 19.8 Å². The van der Waals surface area contributed by atoms with Crippen molar-refractivity contribution in [1.29, 1.82) is 0 Å². The lowest BCUT2D eigenvalue weighted by Crippen LogP contribution is -2.35. The summed E-state index contributed by atoms with van der Waals surface area (Å²) in [6.45, 7) is 3.75. The summed E-state index contributed by atoms with van der Waals surface area (Å²) >= 11 is 0. The van der Waals surface area contributed by atoms with Crippen molar-refractivity contribution in [2.75, 3.05) is 19.8 Å². The minimum Gasteiger partial charge on any atom is -0.379 e. The van der Waals surface area contributed by atoms with E-state index >= 15 is 0 Å². The van der Waals surface area contributed by atoms with Gasteiger partial charge in [0.2, 0.25) is 0 Å². The lowest BCUT2D eigenvalue weighted by Gasteiger charge is -2.31. The third kappa shape index (κ3) is 4.07. The summed E-state index contributed by atoms with van der Waals surface area (Å²) in [6.07, 6.45) is 4.92. The Balaban J connectivity index is 2.10. The molecule has 0 aliphatic heterocycles. The molecule has 0 aromatic carbocycles. The van der Waals surface area contributed by atoms with Gasteiger partial charge in [0.15, 0.2) is 5.79 Å². The van der Waals surface area contributed by atoms with Crippen molar-refractivity contribution in [1.82, 2.24) is 0 Å². The number of aliphatic hydroxyl groups is 1. The van der Waals surface area contributed by atoms with Gasteiger partial charge in [0.05, 0.1) is 13.2 Å². The van der Waals surface area contributed by atoms with Crippen LogP contribution in [0.2, 0.25) is 0 Å². The molecule has 1 aliphatic rings. The molecule has 78 valence electrons. The Hall–Kier alpha value is -0.120. The van der Waals surface area contributed by atoms with Crippen LogP contribution in [-0.4, -0.2) is 30.7 Å². The van der Waals surface area contributed by atoms with Crippen molar-refractivity contribution < 1.29 is 14.6 Å². The molecule has 0 spiro atoms. The monoisotopic (exact) mass is 188 g/mol. The summed E-state index contributed by atoms with van der Waals surface area (Å²) in [4.78, 5) is 0. The number of rotatable bonds is 5. The highest BCUT2D eigenvalue weighted by molar-refractivity contribution is 4.72.